The van der Waals surface area contributed by atoms with E-state index < -0.39 is 10.6 Å². The molecule has 4 nitrogen and oxygen atoms in total. The van der Waals surface area contributed by atoms with Crippen LogP contribution in [0.4, 0.5) is 0 Å². The zero-order valence-electron chi connectivity index (χ0n) is 31.1. The zero-order valence-corrected chi connectivity index (χ0v) is 31.1. The van der Waals surface area contributed by atoms with Crippen molar-refractivity contribution in [2.75, 3.05) is 0 Å². The Kier molecular flexibility index (Phi) is 8.68. The molecule has 0 amide bonds. The normalized spacial score (nSPS) is 13.6. The summed E-state index contributed by atoms with van der Waals surface area (Å²) in [4.78, 5) is 4.76. The second-order valence-electron chi connectivity index (χ2n) is 14.9. The summed E-state index contributed by atoms with van der Waals surface area (Å²) in [5.41, 5.74) is 7.12. The second-order valence-corrected chi connectivity index (χ2v) is 14.9. The number of para-hydroxylation sites is 2. The van der Waals surface area contributed by atoms with Crippen molar-refractivity contribution in [1.29, 1.82) is 0 Å². The lowest BCUT2D eigenvalue weighted by molar-refractivity contribution is 0.189. The van der Waals surface area contributed by atoms with Gasteiger partial charge in [0.2, 0.25) is 0 Å². The molecular weight excluding hydrogens is 686 g/mol. The molecule has 7 aromatic carbocycles. The fourth-order valence-corrected chi connectivity index (χ4v) is 8.79. The Bertz CT molecular complexity index is 3120. The van der Waals surface area contributed by atoms with Crippen molar-refractivity contribution in [2.24, 2.45) is 0 Å². The third kappa shape index (κ3) is 5.34. The van der Waals surface area contributed by atoms with Crippen molar-refractivity contribution in [3.05, 3.63) is 124 Å². The highest BCUT2D eigenvalue weighted by atomic mass is 16.3. The first kappa shape index (κ1) is 37.5. The van der Waals surface area contributed by atoms with Gasteiger partial charge in [0.25, 0.3) is 0 Å². The van der Waals surface area contributed by atoms with Gasteiger partial charge in [-0.3, -0.25) is 0 Å². The van der Waals surface area contributed by atoms with Crippen LogP contribution in [0.15, 0.2) is 97.1 Å². The van der Waals surface area contributed by atoms with Gasteiger partial charge in [0.15, 0.2) is 0 Å². The quantitative estimate of drug-likeness (QED) is 0.200. The molecular formula is C44H25B9N2O2. The smallest absolute Gasteiger partial charge is 0.119 e. The van der Waals surface area contributed by atoms with Gasteiger partial charge >= 0.3 is 0 Å². The van der Waals surface area contributed by atoms with Crippen LogP contribution in [-0.4, -0.2) is 95.8 Å². The molecule has 250 valence electrons. The number of aromatic hydroxyl groups is 1. The van der Waals surface area contributed by atoms with Gasteiger partial charge in [0.1, 0.15) is 50.8 Å². The van der Waals surface area contributed by atoms with Gasteiger partial charge in [-0.05, 0) is 113 Å². The zero-order chi connectivity index (χ0) is 40.3. The molecule has 0 fully saturated rings. The van der Waals surface area contributed by atoms with Crippen LogP contribution in [-0.2, 0) is 5.21 Å². The fraction of sp³-hybridized carbons (Fsp3) is 0.114. The van der Waals surface area contributed by atoms with Crippen molar-refractivity contribution in [3.63, 3.8) is 0 Å². The number of aryl methyl sites for hydroxylation is 1. The summed E-state index contributed by atoms with van der Waals surface area (Å²) in [6.45, 7) is 1.80. The third-order valence-electron chi connectivity index (χ3n) is 11.7. The molecule has 57 heavy (non-hydrogen) atoms. The number of imidazole rings is 1. The summed E-state index contributed by atoms with van der Waals surface area (Å²) < 4.78 is 1.88. The van der Waals surface area contributed by atoms with Gasteiger partial charge in [-0.15, -0.1) is 10.9 Å². The van der Waals surface area contributed by atoms with Crippen LogP contribution < -0.4 is 37.8 Å². The lowest BCUT2D eigenvalue weighted by atomic mass is 9.35. The highest BCUT2D eigenvalue weighted by molar-refractivity contribution is 6.64. The minimum absolute atomic E-state index is 0.0757. The van der Waals surface area contributed by atoms with Crippen LogP contribution in [0.5, 0.6) is 5.75 Å². The summed E-state index contributed by atoms with van der Waals surface area (Å²) in [7, 11) is 58.1. The molecule has 9 rings (SSSR count). The number of hydrogen-bond acceptors (Lipinski definition) is 3. The minimum atomic E-state index is -2.49. The Hall–Kier alpha value is -5.13. The molecule has 0 saturated heterocycles. The van der Waals surface area contributed by atoms with E-state index in [0.29, 0.717) is 40.3 Å². The maximum atomic E-state index is 11.5. The molecule has 13 heteroatoms. The van der Waals surface area contributed by atoms with Crippen LogP contribution >= 0.6 is 0 Å². The number of aliphatic hydroxyl groups is 1. The summed E-state index contributed by atoms with van der Waals surface area (Å²) in [6.07, 6.45) is 1.13. The maximum Gasteiger partial charge on any atom is 0.119 e. The highest BCUT2D eigenvalue weighted by Crippen LogP contribution is 2.44. The molecule has 8 aromatic rings. The van der Waals surface area contributed by atoms with Gasteiger partial charge in [-0.25, -0.2) is 4.98 Å². The molecule has 1 heterocycles. The first-order valence-corrected chi connectivity index (χ1v) is 18.4. The fourth-order valence-electron chi connectivity index (χ4n) is 8.79. The average Bonchev–Trinajstić information content (AvgIpc) is 3.60. The van der Waals surface area contributed by atoms with Crippen molar-refractivity contribution in [3.8, 4) is 16.9 Å². The topological polar surface area (TPSA) is 58.3 Å². The van der Waals surface area contributed by atoms with E-state index in [2.05, 4.69) is 24.3 Å². The Morgan fingerprint density at radius 2 is 1.12 bits per heavy atom. The van der Waals surface area contributed by atoms with Crippen molar-refractivity contribution in [1.82, 2.24) is 9.55 Å². The Labute approximate surface area is 342 Å². The molecule has 0 spiro atoms. The molecule has 0 bridgehead atoms. The van der Waals surface area contributed by atoms with E-state index in [0.717, 1.165) is 59.9 Å². The number of rotatable bonds is 5. The second kappa shape index (κ2) is 13.2. The number of fused-ring (bicyclic) bond motifs is 5. The maximum absolute atomic E-state index is 11.5. The van der Waals surface area contributed by atoms with Gasteiger partial charge in [-0.2, -0.15) is 0 Å². The molecule has 0 unspecified atom stereocenters. The lowest BCUT2D eigenvalue weighted by Gasteiger charge is -2.40. The van der Waals surface area contributed by atoms with Gasteiger partial charge < -0.3 is 14.8 Å². The van der Waals surface area contributed by atoms with E-state index >= 15 is 0 Å². The van der Waals surface area contributed by atoms with Gasteiger partial charge in [0, 0.05) is 10.9 Å². The highest BCUT2D eigenvalue weighted by Gasteiger charge is 2.39. The summed E-state index contributed by atoms with van der Waals surface area (Å²) in [5, 5.41) is 24.2. The SMILES string of the molecule is [B]c1c([B])c(C)c2c([B])c(O)c([B])c(-c3c4ccccc4c(C4=c5ccccc5=C(n5c(C([B])([B])C([B])([B])O)nc6ccccc65)CC4)c4ccccc34)c2c1[B]. The molecule has 1 aliphatic rings. The predicted molar refractivity (Wildman–Crippen MR) is 243 cm³/mol. The minimum Gasteiger partial charge on any atom is -0.509 e. The molecule has 0 aliphatic heterocycles. The molecule has 2 N–H and O–H groups in total. The molecule has 0 atom stereocenters. The molecule has 1 aromatic heterocycles. The van der Waals surface area contributed by atoms with Crippen LogP contribution in [0.3, 0.4) is 0 Å². The van der Waals surface area contributed by atoms with Crippen LogP contribution in [0.25, 0.3) is 65.7 Å². The third-order valence-corrected chi connectivity index (χ3v) is 11.7. The molecule has 18 radical (unpaired) electrons. The summed E-state index contributed by atoms with van der Waals surface area (Å²) >= 11 is 0. The van der Waals surface area contributed by atoms with Crippen LogP contribution in [0.2, 0.25) is 0 Å². The van der Waals surface area contributed by atoms with Gasteiger partial charge in [-0.1, -0.05) is 96.0 Å². The largest absolute Gasteiger partial charge is 0.509 e. The number of phenols is 1. The lowest BCUT2D eigenvalue weighted by Crippen LogP contribution is -2.55. The number of nitrogens with zero attached hydrogens (tertiary/aromatic N) is 2. The van der Waals surface area contributed by atoms with E-state index in [9.17, 15) is 10.2 Å². The average molecular weight is 711 g/mol. The molecule has 1 aliphatic carbocycles. The first-order chi connectivity index (χ1) is 27.1. The van der Waals surface area contributed by atoms with E-state index in [1.165, 1.54) is 0 Å². The van der Waals surface area contributed by atoms with E-state index in [1.807, 2.05) is 77.4 Å². The predicted octanol–water partition coefficient (Wildman–Crippen LogP) is 0.268. The monoisotopic (exact) mass is 712 g/mol. The molecule has 0 saturated carbocycles. The van der Waals surface area contributed by atoms with Crippen molar-refractivity contribution >= 4 is 153 Å². The summed E-state index contributed by atoms with van der Waals surface area (Å²) in [5.74, 6) is -0.133. The van der Waals surface area contributed by atoms with E-state index in [-0.39, 0.29) is 38.9 Å². The van der Waals surface area contributed by atoms with E-state index in [1.54, 1.807) is 6.92 Å². The van der Waals surface area contributed by atoms with Crippen LogP contribution in [0, 0.1) is 6.92 Å². The van der Waals surface area contributed by atoms with Crippen molar-refractivity contribution < 1.29 is 10.2 Å². The Morgan fingerprint density at radius 3 is 1.74 bits per heavy atom. The Balaban J connectivity index is 1.44. The first-order valence-electron chi connectivity index (χ1n) is 18.4. The number of aromatic nitrogens is 2. The van der Waals surface area contributed by atoms with Crippen LogP contribution in [0.1, 0.15) is 29.8 Å². The van der Waals surface area contributed by atoms with Gasteiger partial charge in [0.05, 0.1) is 42.4 Å². The van der Waals surface area contributed by atoms with Crippen molar-refractivity contribution in [2.45, 2.75) is 30.4 Å². The summed E-state index contributed by atoms with van der Waals surface area (Å²) in [6, 6.07) is 31.9. The van der Waals surface area contributed by atoms with E-state index in [4.69, 9.17) is 75.6 Å². The number of hydrogen-bond donors (Lipinski definition) is 2. The number of benzene rings is 7. The Morgan fingerprint density at radius 1 is 0.579 bits per heavy atom. The number of phenolic OH excluding ortho intramolecular Hbond substituents is 1. The standard InChI is InChI=1S/C44H25B9N2O2/c1-20-31-34(37(46)40(49)36(20)45)35(39(48)41(56)38(31)47)33-25-14-6-4-12-23(25)32(24-13-5-7-15-26(24)33)27-18-19-29(22-11-3-2-10-21(22)27)55-30-17-9-8-16-28(30)54-42(55)43(50,51)44(52,53)57/h2-17,56-57H,18-19H2,1H3.